The van der Waals surface area contributed by atoms with E-state index in [0.717, 1.165) is 0 Å². The summed E-state index contributed by atoms with van der Waals surface area (Å²) in [5.74, 6) is 1.22. The normalized spacial score (nSPS) is 18.1. The monoisotopic (exact) mass is 263 g/mol. The van der Waals surface area contributed by atoms with Crippen LogP contribution in [0.25, 0.3) is 0 Å². The van der Waals surface area contributed by atoms with Crippen molar-refractivity contribution in [1.82, 2.24) is 14.9 Å². The van der Waals surface area contributed by atoms with Gasteiger partial charge in [-0.1, -0.05) is 20.3 Å². The van der Waals surface area contributed by atoms with Crippen LogP contribution in [-0.4, -0.2) is 22.6 Å². The van der Waals surface area contributed by atoms with Gasteiger partial charge in [-0.05, 0) is 52.5 Å². The molecule has 1 heterocycles. The number of nitrogens with zero attached hydrogens (tertiary/aromatic N) is 2. The van der Waals surface area contributed by atoms with Gasteiger partial charge in [0.05, 0.1) is 11.7 Å². The zero-order valence-corrected chi connectivity index (χ0v) is 13.0. The third kappa shape index (κ3) is 2.86. The highest BCUT2D eigenvalue weighted by Gasteiger charge is 2.26. The molecule has 0 amide bonds. The molecular weight excluding hydrogens is 234 g/mol. The lowest BCUT2D eigenvalue weighted by Crippen LogP contribution is -2.36. The maximum Gasteiger partial charge on any atom is 0.106 e. The lowest BCUT2D eigenvalue weighted by Gasteiger charge is -2.30. The average Bonchev–Trinajstić information content (AvgIpc) is 2.75. The minimum Gasteiger partial charge on any atom is -0.327 e. The van der Waals surface area contributed by atoms with Gasteiger partial charge in [0.25, 0.3) is 0 Å². The number of aryl methyl sites for hydroxylation is 2. The zero-order valence-electron chi connectivity index (χ0n) is 13.0. The van der Waals surface area contributed by atoms with Crippen molar-refractivity contribution < 1.29 is 0 Å². The summed E-state index contributed by atoms with van der Waals surface area (Å²) in [5, 5.41) is 3.53. The largest absolute Gasteiger partial charge is 0.327 e. The Morgan fingerprint density at radius 1 is 1.26 bits per heavy atom. The fourth-order valence-electron chi connectivity index (χ4n) is 3.63. The molecule has 2 atom stereocenters. The molecule has 1 N–H and O–H groups in total. The second-order valence-corrected chi connectivity index (χ2v) is 5.79. The molecule has 0 saturated carbocycles. The quantitative estimate of drug-likeness (QED) is 0.852. The van der Waals surface area contributed by atoms with Crippen molar-refractivity contribution in [2.45, 2.75) is 77.8 Å². The Balaban J connectivity index is 2.34. The van der Waals surface area contributed by atoms with Crippen LogP contribution in [0.1, 0.15) is 69.2 Å². The Kier molecular flexibility index (Phi) is 5.03. The molecule has 0 radical (unpaired) electrons. The summed E-state index contributed by atoms with van der Waals surface area (Å²) in [6.07, 6.45) is 8.68. The standard InChI is InChI=1S/C16H29N3/c1-5-9-13(17-4)15(6-2)19-12(3)18-14-10-7-8-11-16(14)19/h13,15,17H,5-11H2,1-4H3. The van der Waals surface area contributed by atoms with Gasteiger partial charge in [0.2, 0.25) is 0 Å². The van der Waals surface area contributed by atoms with E-state index >= 15 is 0 Å². The Labute approximate surface area is 117 Å². The number of fused-ring (bicyclic) bond motifs is 1. The summed E-state index contributed by atoms with van der Waals surface area (Å²) >= 11 is 0. The van der Waals surface area contributed by atoms with E-state index in [0.29, 0.717) is 12.1 Å². The van der Waals surface area contributed by atoms with E-state index in [9.17, 15) is 0 Å². The Hall–Kier alpha value is -0.830. The molecule has 0 aromatic carbocycles. The first-order valence-corrected chi connectivity index (χ1v) is 7.96. The molecule has 1 aliphatic carbocycles. The van der Waals surface area contributed by atoms with E-state index in [4.69, 9.17) is 4.98 Å². The van der Waals surface area contributed by atoms with Gasteiger partial charge in [0.1, 0.15) is 5.82 Å². The first kappa shape index (κ1) is 14.6. The van der Waals surface area contributed by atoms with Crippen LogP contribution < -0.4 is 5.32 Å². The van der Waals surface area contributed by atoms with Crippen LogP contribution in [0.4, 0.5) is 0 Å². The fourth-order valence-corrected chi connectivity index (χ4v) is 3.63. The second-order valence-electron chi connectivity index (χ2n) is 5.79. The number of likely N-dealkylation sites (N-methyl/N-ethyl adjacent to an activating group) is 1. The van der Waals surface area contributed by atoms with Crippen LogP contribution in [0, 0.1) is 6.92 Å². The molecule has 2 rings (SSSR count). The number of hydrogen-bond donors (Lipinski definition) is 1. The number of hydrogen-bond acceptors (Lipinski definition) is 2. The van der Waals surface area contributed by atoms with E-state index < -0.39 is 0 Å². The van der Waals surface area contributed by atoms with E-state index in [1.165, 1.54) is 62.2 Å². The third-order valence-corrected chi connectivity index (χ3v) is 4.53. The molecule has 19 heavy (non-hydrogen) atoms. The van der Waals surface area contributed by atoms with Crippen molar-refractivity contribution in [1.29, 1.82) is 0 Å². The van der Waals surface area contributed by atoms with Gasteiger partial charge in [0, 0.05) is 11.7 Å². The summed E-state index contributed by atoms with van der Waals surface area (Å²) in [7, 11) is 2.10. The van der Waals surface area contributed by atoms with Gasteiger partial charge in [-0.3, -0.25) is 0 Å². The SMILES string of the molecule is CCCC(NC)C(CC)n1c(C)nc2c1CCCC2. The van der Waals surface area contributed by atoms with Gasteiger partial charge in [0.15, 0.2) is 0 Å². The maximum atomic E-state index is 4.83. The molecule has 2 unspecified atom stereocenters. The first-order chi connectivity index (χ1) is 9.22. The van der Waals surface area contributed by atoms with Gasteiger partial charge >= 0.3 is 0 Å². The molecule has 0 saturated heterocycles. The lowest BCUT2D eigenvalue weighted by molar-refractivity contribution is 0.324. The van der Waals surface area contributed by atoms with Crippen LogP contribution in [-0.2, 0) is 12.8 Å². The fraction of sp³-hybridized carbons (Fsp3) is 0.812. The number of imidazole rings is 1. The van der Waals surface area contributed by atoms with Crippen molar-refractivity contribution in [2.75, 3.05) is 7.05 Å². The van der Waals surface area contributed by atoms with Gasteiger partial charge in [-0.2, -0.15) is 0 Å². The minimum absolute atomic E-state index is 0.555. The zero-order chi connectivity index (χ0) is 13.8. The summed E-state index contributed by atoms with van der Waals surface area (Å²) in [4.78, 5) is 4.83. The Morgan fingerprint density at radius 2 is 2.00 bits per heavy atom. The molecule has 0 fully saturated rings. The first-order valence-electron chi connectivity index (χ1n) is 7.96. The summed E-state index contributed by atoms with van der Waals surface area (Å²) in [5.41, 5.74) is 2.89. The summed E-state index contributed by atoms with van der Waals surface area (Å²) < 4.78 is 2.55. The molecule has 0 bridgehead atoms. The molecule has 1 aromatic heterocycles. The van der Waals surface area contributed by atoms with Gasteiger partial charge < -0.3 is 9.88 Å². The minimum atomic E-state index is 0.555. The number of aromatic nitrogens is 2. The molecule has 3 heteroatoms. The highest BCUT2D eigenvalue weighted by Crippen LogP contribution is 2.29. The number of rotatable bonds is 6. The van der Waals surface area contributed by atoms with Crippen molar-refractivity contribution in [3.8, 4) is 0 Å². The van der Waals surface area contributed by atoms with Crippen LogP contribution >= 0.6 is 0 Å². The molecule has 3 nitrogen and oxygen atoms in total. The predicted octanol–water partition coefficient (Wildman–Crippen LogP) is 3.41. The highest BCUT2D eigenvalue weighted by molar-refractivity contribution is 5.21. The van der Waals surface area contributed by atoms with Crippen LogP contribution in [0.2, 0.25) is 0 Å². The van der Waals surface area contributed by atoms with Crippen molar-refractivity contribution in [2.24, 2.45) is 0 Å². The van der Waals surface area contributed by atoms with Crippen LogP contribution in [0.3, 0.4) is 0 Å². The second kappa shape index (κ2) is 6.56. The summed E-state index contributed by atoms with van der Waals surface area (Å²) in [6, 6.07) is 1.12. The van der Waals surface area contributed by atoms with Crippen molar-refractivity contribution in [3.05, 3.63) is 17.2 Å². The van der Waals surface area contributed by atoms with E-state index in [-0.39, 0.29) is 0 Å². The van der Waals surface area contributed by atoms with E-state index in [1.54, 1.807) is 0 Å². The maximum absolute atomic E-state index is 4.83. The van der Waals surface area contributed by atoms with Gasteiger partial charge in [-0.25, -0.2) is 4.98 Å². The molecule has 0 spiro atoms. The lowest BCUT2D eigenvalue weighted by atomic mass is 9.97. The molecule has 1 aliphatic rings. The molecule has 0 aliphatic heterocycles. The molecule has 108 valence electrons. The van der Waals surface area contributed by atoms with E-state index in [1.807, 2.05) is 0 Å². The Morgan fingerprint density at radius 3 is 2.63 bits per heavy atom. The smallest absolute Gasteiger partial charge is 0.106 e. The van der Waals surface area contributed by atoms with Crippen molar-refractivity contribution >= 4 is 0 Å². The average molecular weight is 263 g/mol. The van der Waals surface area contributed by atoms with Crippen LogP contribution in [0.5, 0.6) is 0 Å². The van der Waals surface area contributed by atoms with E-state index in [2.05, 4.69) is 37.7 Å². The van der Waals surface area contributed by atoms with Gasteiger partial charge in [-0.15, -0.1) is 0 Å². The summed E-state index contributed by atoms with van der Waals surface area (Å²) in [6.45, 7) is 6.76. The number of nitrogens with one attached hydrogen (secondary N) is 1. The predicted molar refractivity (Wildman–Crippen MR) is 80.7 cm³/mol. The highest BCUT2D eigenvalue weighted by atomic mass is 15.1. The molecular formula is C16H29N3. The van der Waals surface area contributed by atoms with Crippen molar-refractivity contribution in [3.63, 3.8) is 0 Å². The topological polar surface area (TPSA) is 29.9 Å². The Bertz CT molecular complexity index is 408. The van der Waals surface area contributed by atoms with Crippen LogP contribution in [0.15, 0.2) is 0 Å². The third-order valence-electron chi connectivity index (χ3n) is 4.53. The molecule has 1 aromatic rings.